The molecule has 108 valence electrons. The first-order chi connectivity index (χ1) is 8.93. The lowest BCUT2D eigenvalue weighted by atomic mass is 9.98. The lowest BCUT2D eigenvalue weighted by Crippen LogP contribution is -2.26. The van der Waals surface area contributed by atoms with Gasteiger partial charge in [0.2, 0.25) is 0 Å². The Morgan fingerprint density at radius 1 is 1.37 bits per heavy atom. The van der Waals surface area contributed by atoms with E-state index in [1.54, 1.807) is 6.07 Å². The van der Waals surface area contributed by atoms with Gasteiger partial charge in [0, 0.05) is 4.47 Å². The van der Waals surface area contributed by atoms with Crippen molar-refractivity contribution in [2.24, 2.45) is 5.73 Å². The smallest absolute Gasteiger partial charge is 0.173 e. The molecule has 0 heterocycles. The van der Waals surface area contributed by atoms with Gasteiger partial charge in [-0.05, 0) is 49.9 Å². The van der Waals surface area contributed by atoms with Gasteiger partial charge in [0.05, 0.1) is 23.7 Å². The number of aromatic hydroxyl groups is 1. The fourth-order valence-corrected chi connectivity index (χ4v) is 2.80. The van der Waals surface area contributed by atoms with Crippen LogP contribution in [-0.2, 0) is 0 Å². The first-order valence-corrected chi connectivity index (χ1v) is 7.71. The molecule has 1 rings (SSSR count). The summed E-state index contributed by atoms with van der Waals surface area (Å²) in [5.41, 5.74) is 6.78. The molecular weight excluding hydrogens is 378 g/mol. The monoisotopic (exact) mass is 395 g/mol. The van der Waals surface area contributed by atoms with Gasteiger partial charge < -0.3 is 20.7 Å². The van der Waals surface area contributed by atoms with E-state index >= 15 is 0 Å². The van der Waals surface area contributed by atoms with E-state index < -0.39 is 12.1 Å². The second-order valence-corrected chi connectivity index (χ2v) is 5.97. The van der Waals surface area contributed by atoms with Crippen molar-refractivity contribution in [2.45, 2.75) is 38.3 Å². The van der Waals surface area contributed by atoms with Gasteiger partial charge in [-0.1, -0.05) is 19.8 Å². The molecule has 19 heavy (non-hydrogen) atoms. The molecule has 6 heteroatoms. The summed E-state index contributed by atoms with van der Waals surface area (Å²) >= 11 is 6.66. The van der Waals surface area contributed by atoms with Crippen molar-refractivity contribution in [1.82, 2.24) is 0 Å². The highest BCUT2D eigenvalue weighted by Crippen LogP contribution is 2.43. The number of aliphatic hydroxyl groups is 1. The zero-order chi connectivity index (χ0) is 14.6. The molecule has 0 unspecified atom stereocenters. The molecule has 2 atom stereocenters. The Bertz CT molecular complexity index is 440. The molecule has 4 N–H and O–H groups in total. The molecule has 0 amide bonds. The third-order valence-corrected chi connectivity index (χ3v) is 5.18. The highest BCUT2D eigenvalue weighted by atomic mass is 79.9. The summed E-state index contributed by atoms with van der Waals surface area (Å²) in [7, 11) is 1.47. The molecule has 1 aromatic rings. The van der Waals surface area contributed by atoms with Crippen LogP contribution in [0.1, 0.15) is 37.8 Å². The Kier molecular flexibility index (Phi) is 6.59. The number of nitrogens with two attached hydrogens (primary N) is 1. The Morgan fingerprint density at radius 2 is 2.00 bits per heavy atom. The van der Waals surface area contributed by atoms with Gasteiger partial charge in [-0.25, -0.2) is 0 Å². The van der Waals surface area contributed by atoms with Gasteiger partial charge >= 0.3 is 0 Å². The highest BCUT2D eigenvalue weighted by molar-refractivity contribution is 9.13. The standard InChI is InChI=1S/C13H19Br2NO3/c1-3-4-5-8(17)12(16)7-6-9(19-2)13(18)11(15)10(7)14/h6,8,12,17-18H,3-5,16H2,1-2H3/t8-,12+/m1/s1. The van der Waals surface area contributed by atoms with Crippen LogP contribution in [0.2, 0.25) is 0 Å². The van der Waals surface area contributed by atoms with Gasteiger partial charge in [-0.15, -0.1) is 0 Å². The normalized spacial score (nSPS) is 14.2. The maximum absolute atomic E-state index is 10.1. The van der Waals surface area contributed by atoms with Crippen molar-refractivity contribution in [3.8, 4) is 11.5 Å². The van der Waals surface area contributed by atoms with Crippen molar-refractivity contribution in [3.05, 3.63) is 20.6 Å². The van der Waals surface area contributed by atoms with Crippen LogP contribution in [0.15, 0.2) is 15.0 Å². The van der Waals surface area contributed by atoms with Gasteiger partial charge in [0.1, 0.15) is 0 Å². The number of aliphatic hydroxyl groups excluding tert-OH is 1. The summed E-state index contributed by atoms with van der Waals surface area (Å²) in [6.45, 7) is 2.06. The van der Waals surface area contributed by atoms with Crippen LogP contribution in [-0.4, -0.2) is 23.4 Å². The molecule has 0 fully saturated rings. The molecule has 0 radical (unpaired) electrons. The highest BCUT2D eigenvalue weighted by Gasteiger charge is 2.23. The van der Waals surface area contributed by atoms with E-state index in [-0.39, 0.29) is 5.75 Å². The maximum Gasteiger partial charge on any atom is 0.173 e. The van der Waals surface area contributed by atoms with E-state index in [1.165, 1.54) is 7.11 Å². The molecule has 0 bridgehead atoms. The van der Waals surface area contributed by atoms with E-state index in [4.69, 9.17) is 10.5 Å². The Hall–Kier alpha value is -0.300. The van der Waals surface area contributed by atoms with Crippen molar-refractivity contribution in [3.63, 3.8) is 0 Å². The number of hydrogen-bond donors (Lipinski definition) is 3. The van der Waals surface area contributed by atoms with Gasteiger partial charge in [0.15, 0.2) is 11.5 Å². The first-order valence-electron chi connectivity index (χ1n) is 6.12. The lowest BCUT2D eigenvalue weighted by Gasteiger charge is -2.22. The molecule has 4 nitrogen and oxygen atoms in total. The number of phenolic OH excluding ortho intramolecular Hbond substituents is 1. The second kappa shape index (κ2) is 7.47. The molecule has 0 saturated carbocycles. The number of benzene rings is 1. The van der Waals surface area contributed by atoms with Crippen molar-refractivity contribution in [1.29, 1.82) is 0 Å². The topological polar surface area (TPSA) is 75.7 Å². The summed E-state index contributed by atoms with van der Waals surface area (Å²) < 4.78 is 6.20. The minimum atomic E-state index is -0.627. The second-order valence-electron chi connectivity index (χ2n) is 4.38. The van der Waals surface area contributed by atoms with Crippen LogP contribution < -0.4 is 10.5 Å². The van der Waals surface area contributed by atoms with E-state index in [9.17, 15) is 10.2 Å². The number of hydrogen-bond acceptors (Lipinski definition) is 4. The third-order valence-electron chi connectivity index (χ3n) is 3.02. The minimum Gasteiger partial charge on any atom is -0.503 e. The van der Waals surface area contributed by atoms with Crippen LogP contribution >= 0.6 is 31.9 Å². The van der Waals surface area contributed by atoms with E-state index in [0.29, 0.717) is 26.7 Å². The number of methoxy groups -OCH3 is 1. The molecule has 0 aliphatic rings. The number of phenols is 1. The Morgan fingerprint density at radius 3 is 2.53 bits per heavy atom. The quantitative estimate of drug-likeness (QED) is 0.687. The fraction of sp³-hybridized carbons (Fsp3) is 0.538. The van der Waals surface area contributed by atoms with Crippen molar-refractivity contribution >= 4 is 31.9 Å². The Balaban J connectivity index is 3.09. The number of halogens is 2. The number of unbranched alkanes of at least 4 members (excludes halogenated alkanes) is 1. The van der Waals surface area contributed by atoms with Crippen LogP contribution in [0.25, 0.3) is 0 Å². The predicted octanol–water partition coefficient (Wildman–Crippen LogP) is 3.48. The van der Waals surface area contributed by atoms with Crippen molar-refractivity contribution < 1.29 is 14.9 Å². The summed E-state index contributed by atoms with van der Waals surface area (Å²) in [6.07, 6.45) is 1.94. The molecule has 0 saturated heterocycles. The average Bonchev–Trinajstić information content (AvgIpc) is 2.42. The SMILES string of the molecule is CCCC[C@@H](O)[C@@H](N)c1cc(OC)c(O)c(Br)c1Br. The van der Waals surface area contributed by atoms with Crippen LogP contribution in [0.5, 0.6) is 11.5 Å². The average molecular weight is 397 g/mol. The zero-order valence-corrected chi connectivity index (χ0v) is 14.2. The van der Waals surface area contributed by atoms with E-state index in [0.717, 1.165) is 12.8 Å². The predicted molar refractivity (Wildman–Crippen MR) is 82.5 cm³/mol. The molecule has 0 aromatic heterocycles. The Labute approximate surface area is 130 Å². The van der Waals surface area contributed by atoms with Gasteiger partial charge in [-0.3, -0.25) is 0 Å². The molecular formula is C13H19Br2NO3. The molecule has 0 aliphatic heterocycles. The van der Waals surface area contributed by atoms with Crippen molar-refractivity contribution in [2.75, 3.05) is 7.11 Å². The molecule has 0 spiro atoms. The van der Waals surface area contributed by atoms with Crippen LogP contribution in [0, 0.1) is 0 Å². The van der Waals surface area contributed by atoms with Gasteiger partial charge in [0.25, 0.3) is 0 Å². The van der Waals surface area contributed by atoms with E-state index in [2.05, 4.69) is 38.8 Å². The summed E-state index contributed by atoms with van der Waals surface area (Å²) in [4.78, 5) is 0. The third kappa shape index (κ3) is 3.84. The molecule has 1 aromatic carbocycles. The van der Waals surface area contributed by atoms with Crippen LogP contribution in [0.4, 0.5) is 0 Å². The van der Waals surface area contributed by atoms with Crippen LogP contribution in [0.3, 0.4) is 0 Å². The fourth-order valence-electron chi connectivity index (χ4n) is 1.81. The number of rotatable bonds is 6. The molecule has 0 aliphatic carbocycles. The number of ether oxygens (including phenoxy) is 1. The maximum atomic E-state index is 10.1. The van der Waals surface area contributed by atoms with E-state index in [1.807, 2.05) is 0 Å². The lowest BCUT2D eigenvalue weighted by molar-refractivity contribution is 0.132. The first kappa shape index (κ1) is 16.8. The largest absolute Gasteiger partial charge is 0.503 e. The summed E-state index contributed by atoms with van der Waals surface area (Å²) in [6, 6.07) is 1.11. The van der Waals surface area contributed by atoms with Gasteiger partial charge in [-0.2, -0.15) is 0 Å². The zero-order valence-electron chi connectivity index (χ0n) is 11.0. The summed E-state index contributed by atoms with van der Waals surface area (Å²) in [5, 5.41) is 19.9. The summed E-state index contributed by atoms with van der Waals surface area (Å²) in [5.74, 6) is 0.330. The minimum absolute atomic E-state index is 0.00775.